The summed E-state index contributed by atoms with van der Waals surface area (Å²) in [6.07, 6.45) is -0.667. The van der Waals surface area contributed by atoms with Gasteiger partial charge < -0.3 is 10.6 Å². The van der Waals surface area contributed by atoms with Crippen LogP contribution in [0.2, 0.25) is 0 Å². The second kappa shape index (κ2) is 7.90. The maximum Gasteiger partial charge on any atom is 0.416 e. The molecule has 6 rings (SSSR count). The Hall–Kier alpha value is -3.28. The van der Waals surface area contributed by atoms with E-state index in [1.165, 1.54) is 42.5 Å². The topological polar surface area (TPSA) is 41.1 Å². The van der Waals surface area contributed by atoms with Gasteiger partial charge in [0.15, 0.2) is 0 Å². The van der Waals surface area contributed by atoms with Gasteiger partial charge in [-0.2, -0.15) is 13.2 Å². The summed E-state index contributed by atoms with van der Waals surface area (Å²) in [5.74, 6) is 1.93. The highest BCUT2D eigenvalue weighted by atomic mass is 19.4. The first-order chi connectivity index (χ1) is 16.4. The van der Waals surface area contributed by atoms with Crippen LogP contribution in [0.25, 0.3) is 0 Å². The number of amides is 1. The summed E-state index contributed by atoms with van der Waals surface area (Å²) in [7, 11) is 0. The van der Waals surface area contributed by atoms with Gasteiger partial charge in [0.1, 0.15) is 0 Å². The van der Waals surface area contributed by atoms with E-state index in [2.05, 4.69) is 34.9 Å². The fourth-order valence-electron chi connectivity index (χ4n) is 6.56. The SMILES string of the molecule is O=C(Nc1ccc(C(F)(F)F)cc1)c1ccc2c(c1)[C@@H]1[C@H]3CC[C@@H](C3)[C@H]1[C@@H](c1ccccc1)N2. The number of anilines is 2. The Morgan fingerprint density at radius 2 is 1.65 bits per heavy atom. The van der Waals surface area contributed by atoms with Crippen molar-refractivity contribution in [1.82, 2.24) is 0 Å². The molecule has 1 heterocycles. The minimum absolute atomic E-state index is 0.265. The predicted molar refractivity (Wildman–Crippen MR) is 126 cm³/mol. The Labute approximate surface area is 196 Å². The van der Waals surface area contributed by atoms with Crippen LogP contribution in [0, 0.1) is 17.8 Å². The number of alkyl halides is 3. The van der Waals surface area contributed by atoms with Crippen LogP contribution in [-0.4, -0.2) is 5.91 Å². The second-order valence-electron chi connectivity index (χ2n) is 9.80. The minimum Gasteiger partial charge on any atom is -0.378 e. The summed E-state index contributed by atoms with van der Waals surface area (Å²) in [5, 5.41) is 6.51. The molecule has 34 heavy (non-hydrogen) atoms. The average molecular weight is 463 g/mol. The van der Waals surface area contributed by atoms with E-state index in [1.54, 1.807) is 6.07 Å². The van der Waals surface area contributed by atoms with E-state index in [9.17, 15) is 18.0 Å². The maximum atomic E-state index is 13.0. The summed E-state index contributed by atoms with van der Waals surface area (Å²) >= 11 is 0. The third-order valence-corrected chi connectivity index (χ3v) is 7.98. The zero-order valence-electron chi connectivity index (χ0n) is 18.5. The number of carbonyl (C=O) groups is 1. The van der Waals surface area contributed by atoms with Gasteiger partial charge in [-0.25, -0.2) is 0 Å². The Morgan fingerprint density at radius 1 is 0.912 bits per heavy atom. The zero-order chi connectivity index (χ0) is 23.4. The van der Waals surface area contributed by atoms with Gasteiger partial charge in [-0.3, -0.25) is 4.79 Å². The normalized spacial score (nSPS) is 27.0. The molecule has 2 aliphatic carbocycles. The van der Waals surface area contributed by atoms with Gasteiger partial charge in [-0.05, 0) is 96.5 Å². The molecule has 0 radical (unpaired) electrons. The van der Waals surface area contributed by atoms with Crippen molar-refractivity contribution in [2.75, 3.05) is 10.6 Å². The van der Waals surface area contributed by atoms with E-state index >= 15 is 0 Å². The monoisotopic (exact) mass is 462 g/mol. The van der Waals surface area contributed by atoms with Gasteiger partial charge in [0.2, 0.25) is 0 Å². The van der Waals surface area contributed by atoms with E-state index in [-0.39, 0.29) is 11.9 Å². The second-order valence-corrected chi connectivity index (χ2v) is 9.80. The Kier molecular flexibility index (Phi) is 4.94. The van der Waals surface area contributed by atoms with Crippen molar-refractivity contribution in [2.45, 2.75) is 37.4 Å². The van der Waals surface area contributed by atoms with Crippen LogP contribution in [0.1, 0.15) is 58.3 Å². The summed E-state index contributed by atoms with van der Waals surface area (Å²) < 4.78 is 38.5. The third-order valence-electron chi connectivity index (χ3n) is 7.98. The smallest absolute Gasteiger partial charge is 0.378 e. The lowest BCUT2D eigenvalue weighted by molar-refractivity contribution is -0.137. The van der Waals surface area contributed by atoms with Gasteiger partial charge in [0.05, 0.1) is 11.6 Å². The van der Waals surface area contributed by atoms with Crippen molar-refractivity contribution >= 4 is 17.3 Å². The number of nitrogens with one attached hydrogen (secondary N) is 2. The van der Waals surface area contributed by atoms with E-state index in [1.807, 2.05) is 18.2 Å². The van der Waals surface area contributed by atoms with Crippen LogP contribution in [-0.2, 0) is 6.18 Å². The number of fused-ring (bicyclic) bond motifs is 7. The minimum atomic E-state index is -4.40. The van der Waals surface area contributed by atoms with Gasteiger partial charge in [0, 0.05) is 16.9 Å². The molecule has 3 nitrogen and oxygen atoms in total. The standard InChI is InChI=1S/C28H25F3N2O/c29-28(30,31)20-9-11-21(12-10-20)32-27(34)19-8-13-23-22(15-19)24-17-6-7-18(14-17)25(24)26(33-23)16-4-2-1-3-5-16/h1-5,8-13,15,17-18,24-26,33H,6-7,14H2,(H,32,34)/t17-,18-,24-,25+,26+/m0/s1. The molecule has 3 aromatic rings. The number of carbonyl (C=O) groups excluding carboxylic acids is 1. The van der Waals surface area contributed by atoms with E-state index in [0.717, 1.165) is 17.8 Å². The number of halogens is 3. The summed E-state index contributed by atoms with van der Waals surface area (Å²) in [6, 6.07) is 21.2. The first kappa shape index (κ1) is 21.3. The molecule has 2 fully saturated rings. The molecule has 2 saturated carbocycles. The lowest BCUT2D eigenvalue weighted by atomic mass is 9.68. The van der Waals surface area contributed by atoms with Crippen LogP contribution in [0.4, 0.5) is 24.5 Å². The van der Waals surface area contributed by atoms with Crippen LogP contribution >= 0.6 is 0 Å². The molecule has 2 bridgehead atoms. The fraction of sp³-hybridized carbons (Fsp3) is 0.321. The molecule has 0 spiro atoms. The highest BCUT2D eigenvalue weighted by molar-refractivity contribution is 6.04. The molecule has 0 aromatic heterocycles. The molecule has 0 saturated heterocycles. The lowest BCUT2D eigenvalue weighted by Crippen LogP contribution is -2.35. The van der Waals surface area contributed by atoms with Crippen molar-refractivity contribution in [3.8, 4) is 0 Å². The molecule has 174 valence electrons. The van der Waals surface area contributed by atoms with Crippen molar-refractivity contribution in [1.29, 1.82) is 0 Å². The third kappa shape index (κ3) is 3.56. The molecule has 3 aromatic carbocycles. The molecule has 1 amide bonds. The van der Waals surface area contributed by atoms with Crippen molar-refractivity contribution < 1.29 is 18.0 Å². The van der Waals surface area contributed by atoms with E-state index < -0.39 is 11.7 Å². The number of hydrogen-bond donors (Lipinski definition) is 2. The zero-order valence-corrected chi connectivity index (χ0v) is 18.5. The van der Waals surface area contributed by atoms with Gasteiger partial charge in [0.25, 0.3) is 5.91 Å². The number of rotatable bonds is 3. The van der Waals surface area contributed by atoms with Crippen LogP contribution < -0.4 is 10.6 Å². The highest BCUT2D eigenvalue weighted by Gasteiger charge is 2.53. The molecule has 6 heteroatoms. The van der Waals surface area contributed by atoms with Crippen molar-refractivity contribution in [2.24, 2.45) is 17.8 Å². The summed E-state index contributed by atoms with van der Waals surface area (Å²) in [5.41, 5.74) is 3.72. The van der Waals surface area contributed by atoms with Crippen molar-refractivity contribution in [3.05, 3.63) is 95.1 Å². The molecular weight excluding hydrogens is 437 g/mol. The summed E-state index contributed by atoms with van der Waals surface area (Å²) in [6.45, 7) is 0. The number of hydrogen-bond acceptors (Lipinski definition) is 2. The molecule has 1 aliphatic heterocycles. The molecular formula is C28H25F3N2O. The van der Waals surface area contributed by atoms with Gasteiger partial charge in [-0.1, -0.05) is 30.3 Å². The fourth-order valence-corrected chi connectivity index (χ4v) is 6.56. The Bertz CT molecular complexity index is 1220. The largest absolute Gasteiger partial charge is 0.416 e. The molecule has 2 N–H and O–H groups in total. The maximum absolute atomic E-state index is 13.0. The Morgan fingerprint density at radius 3 is 2.38 bits per heavy atom. The lowest BCUT2D eigenvalue weighted by Gasteiger charge is -2.43. The predicted octanol–water partition coefficient (Wildman–Crippen LogP) is 7.25. The molecule has 3 aliphatic rings. The van der Waals surface area contributed by atoms with Crippen LogP contribution in [0.15, 0.2) is 72.8 Å². The van der Waals surface area contributed by atoms with E-state index in [4.69, 9.17) is 0 Å². The quantitative estimate of drug-likeness (QED) is 0.430. The van der Waals surface area contributed by atoms with Gasteiger partial charge in [-0.15, -0.1) is 0 Å². The van der Waals surface area contributed by atoms with Gasteiger partial charge >= 0.3 is 6.18 Å². The van der Waals surface area contributed by atoms with E-state index in [0.29, 0.717) is 34.9 Å². The average Bonchev–Trinajstić information content (AvgIpc) is 3.46. The number of benzene rings is 3. The van der Waals surface area contributed by atoms with Crippen LogP contribution in [0.3, 0.4) is 0 Å². The molecule has 5 atom stereocenters. The highest BCUT2D eigenvalue weighted by Crippen LogP contribution is 2.63. The van der Waals surface area contributed by atoms with Crippen LogP contribution in [0.5, 0.6) is 0 Å². The van der Waals surface area contributed by atoms with Crippen molar-refractivity contribution in [3.63, 3.8) is 0 Å². The summed E-state index contributed by atoms with van der Waals surface area (Å²) in [4.78, 5) is 13.0. The first-order valence-electron chi connectivity index (χ1n) is 11.8. The first-order valence-corrected chi connectivity index (χ1v) is 11.8. The molecule has 0 unspecified atom stereocenters. The Balaban J connectivity index is 1.29.